The van der Waals surface area contributed by atoms with E-state index in [1.165, 1.54) is 25.7 Å². The van der Waals surface area contributed by atoms with E-state index in [0.717, 1.165) is 64.0 Å². The Balaban J connectivity index is 0.000000135. The molecule has 0 aromatic carbocycles. The van der Waals surface area contributed by atoms with Crippen molar-refractivity contribution in [2.45, 2.75) is 63.5 Å². The molecule has 2 saturated carbocycles. The van der Waals surface area contributed by atoms with Crippen molar-refractivity contribution in [3.05, 3.63) is 47.3 Å². The lowest BCUT2D eigenvalue weighted by atomic mass is 10.2. The van der Waals surface area contributed by atoms with Gasteiger partial charge in [0.25, 0.3) is 5.56 Å². The number of H-pyrrole nitrogens is 1. The molecule has 6 aromatic heterocycles. The number of aromatic nitrogens is 8. The maximum atomic E-state index is 12.3. The Morgan fingerprint density at radius 1 is 0.780 bits per heavy atom. The summed E-state index contributed by atoms with van der Waals surface area (Å²) in [6.07, 6.45) is 16.3. The maximum Gasteiger partial charge on any atom is 0.272 e. The first-order valence-electron chi connectivity index (χ1n) is 14.1. The van der Waals surface area contributed by atoms with Crippen LogP contribution in [0.4, 0.5) is 11.9 Å². The lowest BCUT2D eigenvalue weighted by Crippen LogP contribution is -2.14. The molecule has 41 heavy (non-hydrogen) atoms. The number of hydrogen-bond acceptors (Lipinski definition) is 9. The summed E-state index contributed by atoms with van der Waals surface area (Å²) in [6, 6.07) is 4.65. The SMILES string of the molecule is COc1nccc2c3cnc(N)nc3n(C3CCCC3)c12.Nc1ncc2c3cc[nH]c(=O)c3n(C3CCCC3)c2n1. The summed E-state index contributed by atoms with van der Waals surface area (Å²) in [5.41, 5.74) is 14.8. The van der Waals surface area contributed by atoms with Gasteiger partial charge in [-0.1, -0.05) is 25.7 Å². The van der Waals surface area contributed by atoms with Gasteiger partial charge in [-0.2, -0.15) is 9.97 Å². The third kappa shape index (κ3) is 4.12. The number of nitrogens with one attached hydrogen (secondary N) is 1. The highest BCUT2D eigenvalue weighted by atomic mass is 16.5. The Kier molecular flexibility index (Phi) is 6.17. The van der Waals surface area contributed by atoms with Crippen LogP contribution in [-0.4, -0.2) is 46.1 Å². The zero-order valence-corrected chi connectivity index (χ0v) is 22.9. The van der Waals surface area contributed by atoms with Gasteiger partial charge in [0, 0.05) is 58.4 Å². The van der Waals surface area contributed by atoms with Crippen molar-refractivity contribution in [2.24, 2.45) is 0 Å². The average molecular weight is 553 g/mol. The summed E-state index contributed by atoms with van der Waals surface area (Å²) in [5, 5.41) is 3.87. The number of methoxy groups -OCH3 is 1. The molecule has 0 amide bonds. The second-order valence-corrected chi connectivity index (χ2v) is 10.8. The van der Waals surface area contributed by atoms with Crippen LogP contribution in [0.5, 0.6) is 5.88 Å². The van der Waals surface area contributed by atoms with Gasteiger partial charge in [-0.15, -0.1) is 0 Å². The molecule has 0 bridgehead atoms. The van der Waals surface area contributed by atoms with E-state index in [4.69, 9.17) is 16.2 Å². The van der Waals surface area contributed by atoms with Gasteiger partial charge in [-0.25, -0.2) is 15.0 Å². The van der Waals surface area contributed by atoms with Crippen LogP contribution in [0.2, 0.25) is 0 Å². The Morgan fingerprint density at radius 3 is 1.88 bits per heavy atom. The van der Waals surface area contributed by atoms with E-state index < -0.39 is 0 Å². The number of nitrogens with zero attached hydrogens (tertiary/aromatic N) is 7. The number of fused-ring (bicyclic) bond motifs is 6. The fourth-order valence-corrected chi connectivity index (χ4v) is 6.73. The van der Waals surface area contributed by atoms with Crippen LogP contribution in [0.25, 0.3) is 43.9 Å². The molecule has 5 N–H and O–H groups in total. The van der Waals surface area contributed by atoms with Gasteiger partial charge in [0.05, 0.1) is 7.11 Å². The molecule has 12 nitrogen and oxygen atoms in total. The zero-order chi connectivity index (χ0) is 28.1. The van der Waals surface area contributed by atoms with Crippen LogP contribution in [0, 0.1) is 0 Å². The summed E-state index contributed by atoms with van der Waals surface area (Å²) >= 11 is 0. The molecule has 12 heteroatoms. The van der Waals surface area contributed by atoms with Crippen molar-refractivity contribution >= 4 is 55.8 Å². The zero-order valence-electron chi connectivity index (χ0n) is 22.9. The predicted molar refractivity (Wildman–Crippen MR) is 159 cm³/mol. The Labute approximate surface area is 234 Å². The summed E-state index contributed by atoms with van der Waals surface area (Å²) in [5.74, 6) is 1.18. The van der Waals surface area contributed by atoms with Crippen molar-refractivity contribution in [1.82, 2.24) is 39.0 Å². The normalized spacial score (nSPS) is 16.2. The molecule has 0 atom stereocenters. The second kappa shape index (κ2) is 10.0. The fourth-order valence-electron chi connectivity index (χ4n) is 6.73. The standard InChI is InChI=1S/C15H17N5O.C14H15N5O/c1-21-14-12-10(6-7-17-14)11-8-18-15(16)19-13(11)20(12)9-4-2-3-5-9;15-14-17-7-10-9-5-6-16-13(20)11(9)19(12(10)18-14)8-3-1-2-4-8/h6-9H,2-5H2,1H3,(H2,16,18,19);5-8H,1-4H2,(H,16,20)(H2,15,17,18). The van der Waals surface area contributed by atoms with Gasteiger partial charge in [-0.05, 0) is 37.8 Å². The highest BCUT2D eigenvalue weighted by molar-refractivity contribution is 6.08. The molecule has 2 aliphatic rings. The van der Waals surface area contributed by atoms with Crippen LogP contribution in [-0.2, 0) is 0 Å². The van der Waals surface area contributed by atoms with Crippen LogP contribution in [0.3, 0.4) is 0 Å². The first kappa shape index (κ1) is 25.2. The van der Waals surface area contributed by atoms with Gasteiger partial charge < -0.3 is 30.3 Å². The maximum absolute atomic E-state index is 12.3. The lowest BCUT2D eigenvalue weighted by molar-refractivity contribution is 0.398. The van der Waals surface area contributed by atoms with E-state index in [1.54, 1.807) is 31.9 Å². The van der Waals surface area contributed by atoms with Gasteiger partial charge in [0.2, 0.25) is 17.8 Å². The van der Waals surface area contributed by atoms with E-state index in [9.17, 15) is 4.79 Å². The molecule has 0 aliphatic heterocycles. The number of ether oxygens (including phenoxy) is 1. The molecular weight excluding hydrogens is 520 g/mol. The van der Waals surface area contributed by atoms with Crippen molar-refractivity contribution in [3.63, 3.8) is 0 Å². The first-order chi connectivity index (χ1) is 20.0. The Bertz CT molecular complexity index is 1960. The number of nitrogens with two attached hydrogens (primary N) is 2. The molecule has 8 rings (SSSR count). The molecule has 6 aromatic rings. The van der Waals surface area contributed by atoms with Crippen molar-refractivity contribution in [1.29, 1.82) is 0 Å². The molecule has 2 aliphatic carbocycles. The van der Waals surface area contributed by atoms with Gasteiger partial charge >= 0.3 is 0 Å². The molecule has 0 radical (unpaired) electrons. The highest BCUT2D eigenvalue weighted by Crippen LogP contribution is 2.40. The Hall–Kier alpha value is -4.74. The summed E-state index contributed by atoms with van der Waals surface area (Å²) in [6.45, 7) is 0. The van der Waals surface area contributed by atoms with Crippen LogP contribution in [0.15, 0.2) is 41.7 Å². The molecule has 2 fully saturated rings. The average Bonchev–Trinajstić information content (AvgIpc) is 3.78. The number of rotatable bonds is 3. The molecule has 0 unspecified atom stereocenters. The topological polar surface area (TPSA) is 168 Å². The number of nitrogen functional groups attached to an aromatic ring is 2. The van der Waals surface area contributed by atoms with E-state index in [2.05, 4.69) is 39.0 Å². The smallest absolute Gasteiger partial charge is 0.272 e. The van der Waals surface area contributed by atoms with E-state index in [-0.39, 0.29) is 11.5 Å². The third-order valence-corrected chi connectivity index (χ3v) is 8.49. The molecule has 0 saturated heterocycles. The summed E-state index contributed by atoms with van der Waals surface area (Å²) in [4.78, 5) is 36.4. The third-order valence-electron chi connectivity index (χ3n) is 8.49. The molecule has 210 valence electrons. The van der Waals surface area contributed by atoms with E-state index in [0.29, 0.717) is 29.4 Å². The van der Waals surface area contributed by atoms with Crippen LogP contribution >= 0.6 is 0 Å². The van der Waals surface area contributed by atoms with Gasteiger partial charge in [0.15, 0.2) is 0 Å². The van der Waals surface area contributed by atoms with Crippen molar-refractivity contribution < 1.29 is 4.74 Å². The van der Waals surface area contributed by atoms with Gasteiger partial charge in [0.1, 0.15) is 22.3 Å². The molecule has 0 spiro atoms. The van der Waals surface area contributed by atoms with Crippen LogP contribution in [0.1, 0.15) is 63.5 Å². The molecular formula is C29H32N10O2. The molecule has 6 heterocycles. The second-order valence-electron chi connectivity index (χ2n) is 10.8. The fraction of sp³-hybridized carbons (Fsp3) is 0.379. The number of anilines is 2. The largest absolute Gasteiger partial charge is 0.479 e. The van der Waals surface area contributed by atoms with Crippen molar-refractivity contribution in [2.75, 3.05) is 18.6 Å². The van der Waals surface area contributed by atoms with E-state index >= 15 is 0 Å². The minimum atomic E-state index is -0.0778. The predicted octanol–water partition coefficient (Wildman–Crippen LogP) is 4.66. The lowest BCUT2D eigenvalue weighted by Gasteiger charge is -2.15. The Morgan fingerprint density at radius 2 is 1.32 bits per heavy atom. The number of hydrogen-bond donors (Lipinski definition) is 3. The number of aromatic amines is 1. The van der Waals surface area contributed by atoms with Crippen molar-refractivity contribution in [3.8, 4) is 5.88 Å². The van der Waals surface area contributed by atoms with E-state index in [1.807, 2.05) is 12.1 Å². The summed E-state index contributed by atoms with van der Waals surface area (Å²) in [7, 11) is 1.65. The first-order valence-corrected chi connectivity index (χ1v) is 14.1. The van der Waals surface area contributed by atoms with Crippen LogP contribution < -0.4 is 21.8 Å². The number of pyridine rings is 2. The monoisotopic (exact) mass is 552 g/mol. The highest BCUT2D eigenvalue weighted by Gasteiger charge is 2.26. The minimum absolute atomic E-state index is 0.0778. The summed E-state index contributed by atoms with van der Waals surface area (Å²) < 4.78 is 9.79. The van der Waals surface area contributed by atoms with Gasteiger partial charge in [-0.3, -0.25) is 4.79 Å². The quantitative estimate of drug-likeness (QED) is 0.283. The minimum Gasteiger partial charge on any atom is -0.479 e.